The zero-order valence-corrected chi connectivity index (χ0v) is 13.3. The van der Waals surface area contributed by atoms with E-state index in [2.05, 4.69) is 0 Å². The Kier molecular flexibility index (Phi) is 4.47. The lowest BCUT2D eigenvalue weighted by molar-refractivity contribution is 0.450. The average Bonchev–Trinajstić information content (AvgIpc) is 2.57. The van der Waals surface area contributed by atoms with Gasteiger partial charge in [-0.3, -0.25) is 0 Å². The summed E-state index contributed by atoms with van der Waals surface area (Å²) in [6.07, 6.45) is 0. The molecule has 3 aromatic carbocycles. The van der Waals surface area contributed by atoms with E-state index < -0.39 is 0 Å². The van der Waals surface area contributed by atoms with Crippen LogP contribution in [0.25, 0.3) is 0 Å². The molecule has 0 saturated heterocycles. The van der Waals surface area contributed by atoms with Gasteiger partial charge in [-0.1, -0.05) is 18.2 Å². The van der Waals surface area contributed by atoms with Gasteiger partial charge in [0.25, 0.3) is 0 Å². The van der Waals surface area contributed by atoms with Gasteiger partial charge >= 0.3 is 0 Å². The molecular weight excluding hydrogens is 310 g/mol. The molecule has 0 heterocycles. The maximum Gasteiger partial charge on any atom is 0.133 e. The van der Waals surface area contributed by atoms with Gasteiger partial charge in [0.15, 0.2) is 0 Å². The Hall–Kier alpha value is -2.88. The predicted octanol–water partition coefficient (Wildman–Crippen LogP) is 6.17. The van der Waals surface area contributed by atoms with Gasteiger partial charge in [-0.05, 0) is 50.2 Å². The summed E-state index contributed by atoms with van der Waals surface area (Å²) >= 11 is 0. The minimum atomic E-state index is -0.324. The van der Waals surface area contributed by atoms with Crippen molar-refractivity contribution in [3.63, 3.8) is 0 Å². The maximum absolute atomic E-state index is 13.6. The maximum atomic E-state index is 13.6. The van der Waals surface area contributed by atoms with Crippen LogP contribution >= 0.6 is 0 Å². The molecule has 0 atom stereocenters. The third kappa shape index (κ3) is 3.38. The fourth-order valence-electron chi connectivity index (χ4n) is 2.25. The molecule has 0 N–H and O–H groups in total. The van der Waals surface area contributed by atoms with E-state index in [4.69, 9.17) is 9.47 Å². The fourth-order valence-corrected chi connectivity index (χ4v) is 2.25. The Morgan fingerprint density at radius 2 is 1.04 bits per heavy atom. The summed E-state index contributed by atoms with van der Waals surface area (Å²) in [6, 6.07) is 16.3. The average molecular weight is 326 g/mol. The van der Waals surface area contributed by atoms with E-state index in [1.165, 1.54) is 12.1 Å². The normalized spacial score (nSPS) is 10.5. The first-order valence-electron chi connectivity index (χ1n) is 7.50. The van der Waals surface area contributed by atoms with E-state index in [0.717, 1.165) is 0 Å². The minimum Gasteiger partial charge on any atom is -0.457 e. The molecule has 0 amide bonds. The molecule has 3 aromatic rings. The van der Waals surface area contributed by atoms with Gasteiger partial charge in [0.2, 0.25) is 0 Å². The largest absolute Gasteiger partial charge is 0.457 e. The van der Waals surface area contributed by atoms with Gasteiger partial charge in [-0.15, -0.1) is 0 Å². The first-order chi connectivity index (χ1) is 11.5. The minimum absolute atomic E-state index is 0.324. The summed E-state index contributed by atoms with van der Waals surface area (Å²) < 4.78 is 38.6. The first kappa shape index (κ1) is 16.0. The van der Waals surface area contributed by atoms with Crippen molar-refractivity contribution in [1.29, 1.82) is 0 Å². The van der Waals surface area contributed by atoms with Crippen LogP contribution in [0.2, 0.25) is 0 Å². The molecule has 0 aliphatic heterocycles. The predicted molar refractivity (Wildman–Crippen MR) is 88.9 cm³/mol. The number of benzene rings is 3. The highest BCUT2D eigenvalue weighted by Crippen LogP contribution is 2.31. The van der Waals surface area contributed by atoms with E-state index in [0.29, 0.717) is 34.1 Å². The van der Waals surface area contributed by atoms with Crippen LogP contribution in [0.4, 0.5) is 8.78 Å². The zero-order valence-electron chi connectivity index (χ0n) is 13.3. The molecule has 0 saturated carbocycles. The Morgan fingerprint density at radius 3 is 1.50 bits per heavy atom. The summed E-state index contributed by atoms with van der Waals surface area (Å²) in [5.41, 5.74) is 0.870. The summed E-state index contributed by atoms with van der Waals surface area (Å²) in [4.78, 5) is 0. The van der Waals surface area contributed by atoms with Crippen LogP contribution in [-0.2, 0) is 0 Å². The van der Waals surface area contributed by atoms with Crippen molar-refractivity contribution in [3.8, 4) is 23.0 Å². The molecule has 0 unspecified atom stereocenters. The summed E-state index contributed by atoms with van der Waals surface area (Å²) in [7, 11) is 0. The fraction of sp³-hybridized carbons (Fsp3) is 0.100. The van der Waals surface area contributed by atoms with Crippen molar-refractivity contribution in [2.45, 2.75) is 13.8 Å². The lowest BCUT2D eigenvalue weighted by Crippen LogP contribution is -1.92. The highest BCUT2D eigenvalue weighted by atomic mass is 19.1. The molecule has 0 aromatic heterocycles. The van der Waals surface area contributed by atoms with E-state index in [9.17, 15) is 8.78 Å². The van der Waals surface area contributed by atoms with Crippen molar-refractivity contribution in [2.24, 2.45) is 0 Å². The monoisotopic (exact) mass is 326 g/mol. The second-order valence-corrected chi connectivity index (χ2v) is 5.40. The second-order valence-electron chi connectivity index (χ2n) is 5.40. The zero-order chi connectivity index (χ0) is 17.1. The Labute approximate surface area is 139 Å². The lowest BCUT2D eigenvalue weighted by atomic mass is 10.2. The van der Waals surface area contributed by atoms with Crippen molar-refractivity contribution < 1.29 is 18.3 Å². The van der Waals surface area contributed by atoms with E-state index >= 15 is 0 Å². The van der Waals surface area contributed by atoms with Gasteiger partial charge in [0, 0.05) is 17.2 Å². The van der Waals surface area contributed by atoms with Crippen LogP contribution in [0.5, 0.6) is 23.0 Å². The molecule has 0 radical (unpaired) electrons. The molecule has 0 spiro atoms. The van der Waals surface area contributed by atoms with Crippen LogP contribution in [-0.4, -0.2) is 0 Å². The highest BCUT2D eigenvalue weighted by molar-refractivity contribution is 5.43. The summed E-state index contributed by atoms with van der Waals surface area (Å²) in [5.74, 6) is 1.25. The third-order valence-corrected chi connectivity index (χ3v) is 3.70. The topological polar surface area (TPSA) is 18.5 Å². The molecule has 0 aliphatic carbocycles. The van der Waals surface area contributed by atoms with Crippen molar-refractivity contribution in [2.75, 3.05) is 0 Å². The van der Waals surface area contributed by atoms with Gasteiger partial charge in [0.05, 0.1) is 0 Å². The molecule has 0 bridgehead atoms. The third-order valence-electron chi connectivity index (χ3n) is 3.70. The van der Waals surface area contributed by atoms with Crippen LogP contribution in [0, 0.1) is 25.5 Å². The number of hydrogen-bond acceptors (Lipinski definition) is 2. The second kappa shape index (κ2) is 6.71. The number of rotatable bonds is 4. The number of hydrogen-bond donors (Lipinski definition) is 0. The highest BCUT2D eigenvalue weighted by Gasteiger charge is 2.08. The Bertz CT molecular complexity index is 807. The molecular formula is C20H16F2O2. The quantitative estimate of drug-likeness (QED) is 0.571. The Morgan fingerprint density at radius 1 is 0.625 bits per heavy atom. The van der Waals surface area contributed by atoms with Gasteiger partial charge in [-0.2, -0.15) is 0 Å². The first-order valence-corrected chi connectivity index (χ1v) is 7.50. The molecule has 4 heteroatoms. The van der Waals surface area contributed by atoms with Crippen molar-refractivity contribution in [3.05, 3.63) is 83.4 Å². The Balaban J connectivity index is 1.84. The SMILES string of the molecule is Cc1c(F)cccc1Oc1cccc(Oc2cccc(F)c2C)c1. The smallest absolute Gasteiger partial charge is 0.133 e. The van der Waals surface area contributed by atoms with Gasteiger partial charge in [0.1, 0.15) is 34.6 Å². The molecule has 2 nitrogen and oxygen atoms in total. The summed E-state index contributed by atoms with van der Waals surface area (Å²) in [5, 5.41) is 0. The molecule has 122 valence electrons. The van der Waals surface area contributed by atoms with E-state index in [1.54, 1.807) is 62.4 Å². The molecule has 0 fully saturated rings. The van der Waals surface area contributed by atoms with Crippen molar-refractivity contribution >= 4 is 0 Å². The number of ether oxygens (including phenoxy) is 2. The molecule has 0 aliphatic rings. The van der Waals surface area contributed by atoms with Crippen LogP contribution in [0.15, 0.2) is 60.7 Å². The van der Waals surface area contributed by atoms with E-state index in [1.807, 2.05) is 0 Å². The van der Waals surface area contributed by atoms with Crippen LogP contribution in [0.3, 0.4) is 0 Å². The van der Waals surface area contributed by atoms with Gasteiger partial charge in [-0.25, -0.2) is 8.78 Å². The van der Waals surface area contributed by atoms with Gasteiger partial charge < -0.3 is 9.47 Å². The van der Waals surface area contributed by atoms with Crippen LogP contribution in [0.1, 0.15) is 11.1 Å². The molecule has 3 rings (SSSR count). The number of halogens is 2. The standard InChI is InChI=1S/C20H16F2O2/c1-13-17(21)8-4-10-19(13)23-15-6-3-7-16(12-15)24-20-11-5-9-18(22)14(20)2/h3-12H,1-2H3. The van der Waals surface area contributed by atoms with Crippen molar-refractivity contribution in [1.82, 2.24) is 0 Å². The molecule has 24 heavy (non-hydrogen) atoms. The summed E-state index contributed by atoms with van der Waals surface area (Å²) in [6.45, 7) is 3.31. The lowest BCUT2D eigenvalue weighted by Gasteiger charge is -2.12. The van der Waals surface area contributed by atoms with E-state index in [-0.39, 0.29) is 11.6 Å². The van der Waals surface area contributed by atoms with Crippen LogP contribution < -0.4 is 9.47 Å².